The van der Waals surface area contributed by atoms with Crippen molar-refractivity contribution < 1.29 is 13.2 Å². The Bertz CT molecular complexity index is 491. The Hall–Kier alpha value is -1.70. The number of thiazole rings is 1. The molecule has 2 heterocycles. The molecule has 0 spiro atoms. The van der Waals surface area contributed by atoms with Gasteiger partial charge in [-0.3, -0.25) is 0 Å². The number of halogens is 3. The summed E-state index contributed by atoms with van der Waals surface area (Å²) in [6.45, 7) is 0. The van der Waals surface area contributed by atoms with Crippen LogP contribution in [0.1, 0.15) is 5.82 Å². The highest BCUT2D eigenvalue weighted by Gasteiger charge is 2.34. The molecule has 16 heavy (non-hydrogen) atoms. The molecule has 0 aliphatic carbocycles. The van der Waals surface area contributed by atoms with Gasteiger partial charge in [0.25, 0.3) is 0 Å². The summed E-state index contributed by atoms with van der Waals surface area (Å²) in [5.74, 6) is -1.17. The number of nitrogens with zero attached hydrogens (tertiary/aromatic N) is 3. The summed E-state index contributed by atoms with van der Waals surface area (Å²) < 4.78 is 36.5. The Morgan fingerprint density at radius 3 is 2.25 bits per heavy atom. The van der Waals surface area contributed by atoms with E-state index in [1.165, 1.54) is 11.3 Å². The van der Waals surface area contributed by atoms with E-state index in [9.17, 15) is 13.2 Å². The average molecular weight is 246 g/mol. The average Bonchev–Trinajstić information content (AvgIpc) is 2.64. The number of nitrogen functional groups attached to an aromatic ring is 1. The first-order valence-corrected chi connectivity index (χ1v) is 4.95. The molecule has 0 aliphatic heterocycles. The quantitative estimate of drug-likeness (QED) is 0.837. The van der Waals surface area contributed by atoms with Crippen LogP contribution >= 0.6 is 11.3 Å². The van der Waals surface area contributed by atoms with Gasteiger partial charge in [-0.2, -0.15) is 13.2 Å². The van der Waals surface area contributed by atoms with Crippen molar-refractivity contribution >= 4 is 16.5 Å². The SMILES string of the molecule is Nc1nc(-c2cnc(C(F)(F)F)nc2)cs1. The van der Waals surface area contributed by atoms with Crippen molar-refractivity contribution in [1.82, 2.24) is 15.0 Å². The molecule has 2 N–H and O–H groups in total. The lowest BCUT2D eigenvalue weighted by Gasteiger charge is -2.03. The van der Waals surface area contributed by atoms with Crippen LogP contribution < -0.4 is 5.73 Å². The van der Waals surface area contributed by atoms with Gasteiger partial charge in [0.1, 0.15) is 0 Å². The van der Waals surface area contributed by atoms with Gasteiger partial charge in [-0.05, 0) is 0 Å². The molecule has 84 valence electrons. The maximum atomic E-state index is 12.2. The maximum Gasteiger partial charge on any atom is 0.451 e. The second kappa shape index (κ2) is 3.71. The van der Waals surface area contributed by atoms with Crippen LogP contribution in [0.15, 0.2) is 17.8 Å². The smallest absolute Gasteiger partial charge is 0.375 e. The Labute approximate surface area is 92.0 Å². The molecule has 0 fully saturated rings. The normalized spacial score (nSPS) is 11.7. The molecule has 8 heteroatoms. The fourth-order valence-corrected chi connectivity index (χ4v) is 1.60. The molecule has 2 aromatic heterocycles. The molecule has 0 bridgehead atoms. The van der Waals surface area contributed by atoms with Crippen LogP contribution in [0.3, 0.4) is 0 Å². The highest BCUT2D eigenvalue weighted by molar-refractivity contribution is 7.13. The molecule has 0 amide bonds. The standard InChI is InChI=1S/C8H5F3N4S/c9-8(10,11)6-13-1-4(2-14-6)5-3-16-7(12)15-5/h1-3H,(H2,12,15). The van der Waals surface area contributed by atoms with Crippen molar-refractivity contribution in [1.29, 1.82) is 0 Å². The van der Waals surface area contributed by atoms with Crippen LogP contribution in [0.4, 0.5) is 18.3 Å². The minimum Gasteiger partial charge on any atom is -0.375 e. The zero-order valence-electron chi connectivity index (χ0n) is 7.69. The molecule has 2 aromatic rings. The van der Waals surface area contributed by atoms with Crippen molar-refractivity contribution in [2.45, 2.75) is 6.18 Å². The Morgan fingerprint density at radius 2 is 1.81 bits per heavy atom. The predicted octanol–water partition coefficient (Wildman–Crippen LogP) is 2.20. The third-order valence-electron chi connectivity index (χ3n) is 1.72. The minimum atomic E-state index is -4.53. The Morgan fingerprint density at radius 1 is 1.19 bits per heavy atom. The Kier molecular flexibility index (Phi) is 2.50. The first kappa shape index (κ1) is 10.8. The van der Waals surface area contributed by atoms with Gasteiger partial charge in [-0.15, -0.1) is 11.3 Å². The summed E-state index contributed by atoms with van der Waals surface area (Å²) in [6.07, 6.45) is -2.38. The number of alkyl halides is 3. The predicted molar refractivity (Wildman–Crippen MR) is 52.6 cm³/mol. The number of nitrogens with two attached hydrogens (primary N) is 1. The van der Waals surface area contributed by atoms with Gasteiger partial charge in [-0.25, -0.2) is 15.0 Å². The van der Waals surface area contributed by atoms with E-state index in [4.69, 9.17) is 5.73 Å². The molecule has 0 saturated heterocycles. The topological polar surface area (TPSA) is 64.7 Å². The van der Waals surface area contributed by atoms with Crippen LogP contribution in [0.2, 0.25) is 0 Å². The van der Waals surface area contributed by atoms with Crippen molar-refractivity contribution in [2.75, 3.05) is 5.73 Å². The van der Waals surface area contributed by atoms with Gasteiger partial charge in [0, 0.05) is 23.3 Å². The number of hydrogen-bond donors (Lipinski definition) is 1. The van der Waals surface area contributed by atoms with Crippen LogP contribution in [-0.2, 0) is 6.18 Å². The fourth-order valence-electron chi connectivity index (χ4n) is 1.03. The summed E-state index contributed by atoms with van der Waals surface area (Å²) in [5, 5.41) is 1.97. The molecule has 0 unspecified atom stereocenters. The minimum absolute atomic E-state index is 0.342. The third-order valence-corrected chi connectivity index (χ3v) is 2.40. The van der Waals surface area contributed by atoms with E-state index in [1.807, 2.05) is 0 Å². The Balaban J connectivity index is 2.33. The largest absolute Gasteiger partial charge is 0.451 e. The van der Waals surface area contributed by atoms with E-state index in [0.717, 1.165) is 12.4 Å². The number of hydrogen-bond acceptors (Lipinski definition) is 5. The van der Waals surface area contributed by atoms with Gasteiger partial charge >= 0.3 is 6.18 Å². The zero-order chi connectivity index (χ0) is 11.8. The maximum absolute atomic E-state index is 12.2. The van der Waals surface area contributed by atoms with E-state index >= 15 is 0 Å². The molecule has 0 saturated carbocycles. The van der Waals surface area contributed by atoms with E-state index in [0.29, 0.717) is 16.4 Å². The molecular weight excluding hydrogens is 241 g/mol. The van der Waals surface area contributed by atoms with E-state index in [1.54, 1.807) is 5.38 Å². The first-order chi connectivity index (χ1) is 7.47. The lowest BCUT2D eigenvalue weighted by atomic mass is 10.3. The lowest BCUT2D eigenvalue weighted by molar-refractivity contribution is -0.144. The monoisotopic (exact) mass is 246 g/mol. The van der Waals surface area contributed by atoms with Gasteiger partial charge in [0.05, 0.1) is 5.69 Å². The fraction of sp³-hybridized carbons (Fsp3) is 0.125. The zero-order valence-corrected chi connectivity index (χ0v) is 8.51. The number of anilines is 1. The van der Waals surface area contributed by atoms with E-state index < -0.39 is 12.0 Å². The van der Waals surface area contributed by atoms with Gasteiger partial charge < -0.3 is 5.73 Å². The molecule has 0 aromatic carbocycles. The summed E-state index contributed by atoms with van der Waals surface area (Å²) >= 11 is 1.20. The van der Waals surface area contributed by atoms with Crippen LogP contribution in [0.5, 0.6) is 0 Å². The van der Waals surface area contributed by atoms with E-state index in [2.05, 4.69) is 15.0 Å². The summed E-state index contributed by atoms with van der Waals surface area (Å²) in [6, 6.07) is 0. The number of aromatic nitrogens is 3. The molecular formula is C8H5F3N4S. The van der Waals surface area contributed by atoms with Gasteiger partial charge in [0.15, 0.2) is 5.13 Å². The first-order valence-electron chi connectivity index (χ1n) is 4.07. The van der Waals surface area contributed by atoms with Crippen molar-refractivity contribution in [3.63, 3.8) is 0 Å². The molecule has 2 rings (SSSR count). The van der Waals surface area contributed by atoms with E-state index in [-0.39, 0.29) is 0 Å². The highest BCUT2D eigenvalue weighted by atomic mass is 32.1. The highest BCUT2D eigenvalue weighted by Crippen LogP contribution is 2.27. The third kappa shape index (κ3) is 2.11. The van der Waals surface area contributed by atoms with Crippen molar-refractivity contribution in [2.24, 2.45) is 0 Å². The molecule has 4 nitrogen and oxygen atoms in total. The molecule has 0 atom stereocenters. The summed E-state index contributed by atoms with van der Waals surface area (Å²) in [5.41, 5.74) is 6.27. The van der Waals surface area contributed by atoms with Gasteiger partial charge in [-0.1, -0.05) is 0 Å². The van der Waals surface area contributed by atoms with Gasteiger partial charge in [0.2, 0.25) is 5.82 Å². The van der Waals surface area contributed by atoms with Crippen molar-refractivity contribution in [3.05, 3.63) is 23.6 Å². The second-order valence-electron chi connectivity index (χ2n) is 2.86. The molecule has 0 aliphatic rings. The van der Waals surface area contributed by atoms with Crippen LogP contribution in [0, 0.1) is 0 Å². The van der Waals surface area contributed by atoms with Crippen molar-refractivity contribution in [3.8, 4) is 11.3 Å². The van der Waals surface area contributed by atoms with Crippen LogP contribution in [-0.4, -0.2) is 15.0 Å². The number of rotatable bonds is 1. The summed E-state index contributed by atoms with van der Waals surface area (Å²) in [7, 11) is 0. The molecule has 0 radical (unpaired) electrons. The summed E-state index contributed by atoms with van der Waals surface area (Å²) in [4.78, 5) is 10.4. The lowest BCUT2D eigenvalue weighted by Crippen LogP contribution is -2.10. The second-order valence-corrected chi connectivity index (χ2v) is 3.75. The van der Waals surface area contributed by atoms with Crippen LogP contribution in [0.25, 0.3) is 11.3 Å².